The van der Waals surface area contributed by atoms with Crippen LogP contribution >= 0.6 is 23.9 Å². The van der Waals surface area contributed by atoms with Crippen molar-refractivity contribution in [3.05, 3.63) is 0 Å². The van der Waals surface area contributed by atoms with Crippen LogP contribution in [0.15, 0.2) is 0 Å². The number of nitrogens with zero attached hydrogens (tertiary/aromatic N) is 2. The molecule has 2 atom stereocenters. The predicted molar refractivity (Wildman–Crippen MR) is 89.2 cm³/mol. The quantitative estimate of drug-likeness (QED) is 0.408. The maximum absolute atomic E-state index is 2.51. The van der Waals surface area contributed by atoms with Crippen molar-refractivity contribution in [3.63, 3.8) is 0 Å². The van der Waals surface area contributed by atoms with Crippen molar-refractivity contribution in [2.75, 3.05) is 24.6 Å². The molecule has 0 amide bonds. The summed E-state index contributed by atoms with van der Waals surface area (Å²) in [6.45, 7) is 16.0. The SMILES string of the molecule is CCC(C)N(CC)SCCSN(CC)C(C)CC. The zero-order valence-corrected chi connectivity index (χ0v) is 14.7. The standard InChI is InChI=1S/C14H32N2S2/c1-7-13(5)15(9-3)17-11-12-18-16(10-4)14(6)8-2/h13-14H,7-12H2,1-6H3. The van der Waals surface area contributed by atoms with Gasteiger partial charge in [-0.05, 0) is 26.7 Å². The summed E-state index contributed by atoms with van der Waals surface area (Å²) in [7, 11) is 0. The fourth-order valence-electron chi connectivity index (χ4n) is 1.78. The summed E-state index contributed by atoms with van der Waals surface area (Å²) in [5.41, 5.74) is 0. The molecule has 4 heteroatoms. The molecule has 0 aliphatic carbocycles. The third kappa shape index (κ3) is 7.27. The van der Waals surface area contributed by atoms with Gasteiger partial charge in [-0.1, -0.05) is 51.6 Å². The molecule has 0 aromatic heterocycles. The first-order valence-corrected chi connectivity index (χ1v) is 9.28. The van der Waals surface area contributed by atoms with E-state index in [2.05, 4.69) is 50.2 Å². The second-order valence-electron chi connectivity index (χ2n) is 4.65. The Morgan fingerprint density at radius 1 is 0.722 bits per heavy atom. The van der Waals surface area contributed by atoms with Gasteiger partial charge < -0.3 is 0 Å². The van der Waals surface area contributed by atoms with Gasteiger partial charge in [0, 0.05) is 36.7 Å². The molecular formula is C14H32N2S2. The van der Waals surface area contributed by atoms with Crippen LogP contribution in [0.25, 0.3) is 0 Å². The van der Waals surface area contributed by atoms with Gasteiger partial charge in [0.2, 0.25) is 0 Å². The lowest BCUT2D eigenvalue weighted by Crippen LogP contribution is -2.28. The smallest absolute Gasteiger partial charge is 0.0185 e. The Bertz CT molecular complexity index is 171. The van der Waals surface area contributed by atoms with E-state index in [0.29, 0.717) is 12.1 Å². The molecule has 2 nitrogen and oxygen atoms in total. The molecule has 110 valence electrons. The van der Waals surface area contributed by atoms with Crippen LogP contribution in [0.4, 0.5) is 0 Å². The molecule has 2 unspecified atom stereocenters. The van der Waals surface area contributed by atoms with Gasteiger partial charge in [0.15, 0.2) is 0 Å². The second-order valence-corrected chi connectivity index (χ2v) is 6.92. The first kappa shape index (κ1) is 18.6. The summed E-state index contributed by atoms with van der Waals surface area (Å²) >= 11 is 4.02. The highest BCUT2D eigenvalue weighted by atomic mass is 32.2. The molecule has 0 spiro atoms. The van der Waals surface area contributed by atoms with Gasteiger partial charge in [0.05, 0.1) is 0 Å². The fraction of sp³-hybridized carbons (Fsp3) is 1.00. The lowest BCUT2D eigenvalue weighted by atomic mass is 10.3. The third-order valence-electron chi connectivity index (χ3n) is 3.39. The number of rotatable bonds is 11. The Labute approximate surface area is 124 Å². The highest BCUT2D eigenvalue weighted by Crippen LogP contribution is 2.21. The molecule has 0 N–H and O–H groups in total. The molecule has 0 radical (unpaired) electrons. The Balaban J connectivity index is 3.82. The van der Waals surface area contributed by atoms with Gasteiger partial charge in [-0.3, -0.25) is 0 Å². The summed E-state index contributed by atoms with van der Waals surface area (Å²) in [6.07, 6.45) is 2.48. The molecule has 0 rings (SSSR count). The lowest BCUT2D eigenvalue weighted by Gasteiger charge is -2.27. The zero-order valence-electron chi connectivity index (χ0n) is 13.1. The molecular weight excluding hydrogens is 260 g/mol. The zero-order chi connectivity index (χ0) is 14.0. The van der Waals surface area contributed by atoms with Crippen LogP contribution in [-0.2, 0) is 0 Å². The van der Waals surface area contributed by atoms with Crippen LogP contribution in [0.3, 0.4) is 0 Å². The minimum absolute atomic E-state index is 0.696. The van der Waals surface area contributed by atoms with Crippen LogP contribution in [0.1, 0.15) is 54.4 Å². The van der Waals surface area contributed by atoms with Crippen molar-refractivity contribution in [1.29, 1.82) is 0 Å². The van der Waals surface area contributed by atoms with Gasteiger partial charge in [-0.2, -0.15) is 0 Å². The average molecular weight is 293 g/mol. The monoisotopic (exact) mass is 292 g/mol. The molecule has 0 saturated carbocycles. The van der Waals surface area contributed by atoms with Gasteiger partial charge in [-0.25, -0.2) is 8.61 Å². The fourth-order valence-corrected chi connectivity index (χ4v) is 4.01. The summed E-state index contributed by atoms with van der Waals surface area (Å²) in [5, 5.41) is 0. The van der Waals surface area contributed by atoms with E-state index in [1.165, 1.54) is 24.3 Å². The van der Waals surface area contributed by atoms with E-state index >= 15 is 0 Å². The van der Waals surface area contributed by atoms with E-state index < -0.39 is 0 Å². The second kappa shape index (κ2) is 11.4. The van der Waals surface area contributed by atoms with E-state index in [-0.39, 0.29) is 0 Å². The maximum atomic E-state index is 2.51. The van der Waals surface area contributed by atoms with Crippen molar-refractivity contribution in [1.82, 2.24) is 8.61 Å². The highest BCUT2D eigenvalue weighted by molar-refractivity contribution is 8.00. The van der Waals surface area contributed by atoms with Gasteiger partial charge in [0.25, 0.3) is 0 Å². The first-order valence-electron chi connectivity index (χ1n) is 7.39. The Morgan fingerprint density at radius 3 is 1.28 bits per heavy atom. The van der Waals surface area contributed by atoms with Crippen molar-refractivity contribution in [3.8, 4) is 0 Å². The Kier molecular flexibility index (Phi) is 11.8. The maximum Gasteiger partial charge on any atom is 0.0185 e. The largest absolute Gasteiger partial charge is 0.248 e. The number of hydrogen-bond acceptors (Lipinski definition) is 4. The molecule has 0 aromatic carbocycles. The summed E-state index contributed by atoms with van der Waals surface area (Å²) < 4.78 is 5.03. The first-order chi connectivity index (χ1) is 8.60. The summed E-state index contributed by atoms with van der Waals surface area (Å²) in [5.74, 6) is 2.44. The van der Waals surface area contributed by atoms with E-state index in [1.807, 2.05) is 23.9 Å². The summed E-state index contributed by atoms with van der Waals surface area (Å²) in [4.78, 5) is 0. The topological polar surface area (TPSA) is 6.48 Å². The average Bonchev–Trinajstić information content (AvgIpc) is 2.41. The van der Waals surface area contributed by atoms with Crippen molar-refractivity contribution >= 4 is 23.9 Å². The minimum atomic E-state index is 0.696. The van der Waals surface area contributed by atoms with E-state index in [4.69, 9.17) is 0 Å². The van der Waals surface area contributed by atoms with Crippen molar-refractivity contribution in [2.24, 2.45) is 0 Å². The molecule has 0 aromatic rings. The van der Waals surface area contributed by atoms with E-state index in [1.54, 1.807) is 0 Å². The van der Waals surface area contributed by atoms with Gasteiger partial charge in [-0.15, -0.1) is 0 Å². The normalized spacial score (nSPS) is 15.3. The van der Waals surface area contributed by atoms with E-state index in [9.17, 15) is 0 Å². The molecule has 18 heavy (non-hydrogen) atoms. The van der Waals surface area contributed by atoms with Crippen LogP contribution in [-0.4, -0.2) is 45.3 Å². The van der Waals surface area contributed by atoms with E-state index in [0.717, 1.165) is 13.1 Å². The summed E-state index contributed by atoms with van der Waals surface area (Å²) in [6, 6.07) is 1.39. The van der Waals surface area contributed by atoms with Crippen LogP contribution < -0.4 is 0 Å². The van der Waals surface area contributed by atoms with Crippen LogP contribution in [0.5, 0.6) is 0 Å². The molecule has 0 aliphatic rings. The molecule has 0 saturated heterocycles. The molecule has 0 heterocycles. The Hall–Kier alpha value is 0.620. The third-order valence-corrected chi connectivity index (χ3v) is 6.32. The van der Waals surface area contributed by atoms with Gasteiger partial charge in [0.1, 0.15) is 0 Å². The molecule has 0 aliphatic heterocycles. The molecule has 0 fully saturated rings. The minimum Gasteiger partial charge on any atom is -0.248 e. The number of hydrogen-bond donors (Lipinski definition) is 0. The van der Waals surface area contributed by atoms with Crippen LogP contribution in [0, 0.1) is 0 Å². The van der Waals surface area contributed by atoms with Crippen molar-refractivity contribution < 1.29 is 0 Å². The predicted octanol–water partition coefficient (Wildman–Crippen LogP) is 4.52. The highest BCUT2D eigenvalue weighted by Gasteiger charge is 2.12. The van der Waals surface area contributed by atoms with Crippen molar-refractivity contribution in [2.45, 2.75) is 66.5 Å². The Morgan fingerprint density at radius 2 is 1.06 bits per heavy atom. The lowest BCUT2D eigenvalue weighted by molar-refractivity contribution is 0.379. The van der Waals surface area contributed by atoms with Crippen LogP contribution in [0.2, 0.25) is 0 Å². The molecule has 0 bridgehead atoms. The van der Waals surface area contributed by atoms with Gasteiger partial charge >= 0.3 is 0 Å².